The van der Waals surface area contributed by atoms with Crippen LogP contribution in [0, 0.1) is 0 Å². The van der Waals surface area contributed by atoms with Gasteiger partial charge in [-0.3, -0.25) is 4.79 Å². The molecule has 2 aromatic rings. The van der Waals surface area contributed by atoms with Gasteiger partial charge in [0.2, 0.25) is 0 Å². The van der Waals surface area contributed by atoms with E-state index in [1.807, 2.05) is 36.4 Å². The van der Waals surface area contributed by atoms with Crippen LogP contribution in [-0.2, 0) is 4.79 Å². The number of carbonyl (C=O) groups excluding carboxylic acids is 1. The Labute approximate surface area is 141 Å². The number of methoxy groups -OCH3 is 1. The number of allylic oxidation sites excluding steroid dienone is 1. The lowest BCUT2D eigenvalue weighted by molar-refractivity contribution is -0.127. The summed E-state index contributed by atoms with van der Waals surface area (Å²) in [6.45, 7) is 1.66. The van der Waals surface area contributed by atoms with Gasteiger partial charge in [0.15, 0.2) is 6.10 Å². The van der Waals surface area contributed by atoms with Crippen molar-refractivity contribution in [1.82, 2.24) is 5.43 Å². The molecule has 0 bridgehead atoms. The number of nitrogens with zero attached hydrogens (tertiary/aromatic N) is 1. The molecule has 1 unspecified atom stereocenters. The van der Waals surface area contributed by atoms with Crippen LogP contribution in [0.3, 0.4) is 0 Å². The van der Waals surface area contributed by atoms with Crippen molar-refractivity contribution in [2.45, 2.75) is 13.0 Å². The second-order valence-electron chi connectivity index (χ2n) is 4.96. The maximum absolute atomic E-state index is 11.9. The first kappa shape index (κ1) is 17.3. The second kappa shape index (κ2) is 9.15. The first-order chi connectivity index (χ1) is 11.7. The number of hydrogen-bond donors (Lipinski definition) is 1. The number of carbonyl (C=O) groups is 1. The Kier molecular flexibility index (Phi) is 6.58. The van der Waals surface area contributed by atoms with E-state index in [0.29, 0.717) is 11.5 Å². The van der Waals surface area contributed by atoms with Crippen LogP contribution in [0.2, 0.25) is 0 Å². The Balaban J connectivity index is 1.80. The van der Waals surface area contributed by atoms with E-state index in [1.165, 1.54) is 6.21 Å². The predicted octanol–water partition coefficient (Wildman–Crippen LogP) is 3.28. The normalized spacial score (nSPS) is 12.2. The van der Waals surface area contributed by atoms with Crippen LogP contribution in [-0.4, -0.2) is 25.3 Å². The van der Waals surface area contributed by atoms with Gasteiger partial charge in [-0.1, -0.05) is 42.5 Å². The zero-order valence-electron chi connectivity index (χ0n) is 13.7. The summed E-state index contributed by atoms with van der Waals surface area (Å²) >= 11 is 0. The van der Waals surface area contributed by atoms with E-state index >= 15 is 0 Å². The number of ether oxygens (including phenoxy) is 2. The van der Waals surface area contributed by atoms with Gasteiger partial charge >= 0.3 is 0 Å². The molecule has 0 saturated carbocycles. The van der Waals surface area contributed by atoms with Gasteiger partial charge in [0.25, 0.3) is 5.91 Å². The average molecular weight is 324 g/mol. The third-order valence-corrected chi connectivity index (χ3v) is 3.15. The molecule has 1 amide bonds. The maximum Gasteiger partial charge on any atom is 0.280 e. The van der Waals surface area contributed by atoms with Gasteiger partial charge in [-0.05, 0) is 30.7 Å². The van der Waals surface area contributed by atoms with Gasteiger partial charge in [0.1, 0.15) is 11.5 Å². The SMILES string of the molecule is COc1cccc(OC(C)C(=O)N/N=C/C=C/c2ccccc2)c1. The molecule has 0 spiro atoms. The van der Waals surface area contributed by atoms with E-state index in [9.17, 15) is 4.79 Å². The second-order valence-corrected chi connectivity index (χ2v) is 4.96. The summed E-state index contributed by atoms with van der Waals surface area (Å²) in [6.07, 6.45) is 4.49. The van der Waals surface area contributed by atoms with E-state index < -0.39 is 6.10 Å². The Bertz CT molecular complexity index is 712. The minimum atomic E-state index is -0.674. The molecule has 0 heterocycles. The van der Waals surface area contributed by atoms with Crippen LogP contribution in [0.5, 0.6) is 11.5 Å². The lowest BCUT2D eigenvalue weighted by Crippen LogP contribution is -2.33. The van der Waals surface area contributed by atoms with Gasteiger partial charge in [-0.25, -0.2) is 5.43 Å². The molecule has 5 heteroatoms. The number of hydrazone groups is 1. The van der Waals surface area contributed by atoms with Crippen molar-refractivity contribution < 1.29 is 14.3 Å². The zero-order valence-corrected chi connectivity index (χ0v) is 13.7. The van der Waals surface area contributed by atoms with Crippen LogP contribution in [0.1, 0.15) is 12.5 Å². The fourth-order valence-corrected chi connectivity index (χ4v) is 1.89. The highest BCUT2D eigenvalue weighted by atomic mass is 16.5. The molecule has 0 saturated heterocycles. The van der Waals surface area contributed by atoms with E-state index in [2.05, 4.69) is 10.5 Å². The Morgan fingerprint density at radius 1 is 1.12 bits per heavy atom. The highest BCUT2D eigenvalue weighted by molar-refractivity contribution is 5.83. The molecule has 0 fully saturated rings. The topological polar surface area (TPSA) is 59.9 Å². The van der Waals surface area contributed by atoms with E-state index in [0.717, 1.165) is 5.56 Å². The summed E-state index contributed by atoms with van der Waals surface area (Å²) in [5.74, 6) is 0.899. The molecule has 2 aromatic carbocycles. The van der Waals surface area contributed by atoms with Crippen LogP contribution in [0.15, 0.2) is 65.8 Å². The summed E-state index contributed by atoms with van der Waals surface area (Å²) in [4.78, 5) is 11.9. The molecule has 0 radical (unpaired) electrons. The summed E-state index contributed by atoms with van der Waals surface area (Å²) in [5.41, 5.74) is 3.50. The number of amides is 1. The van der Waals surface area contributed by atoms with Crippen molar-refractivity contribution in [2.24, 2.45) is 5.10 Å². The minimum absolute atomic E-state index is 0.331. The van der Waals surface area contributed by atoms with Crippen molar-refractivity contribution >= 4 is 18.2 Å². The summed E-state index contributed by atoms with van der Waals surface area (Å²) < 4.78 is 10.7. The molecule has 0 aliphatic rings. The van der Waals surface area contributed by atoms with Gasteiger partial charge < -0.3 is 9.47 Å². The first-order valence-corrected chi connectivity index (χ1v) is 7.54. The van der Waals surface area contributed by atoms with Crippen molar-refractivity contribution in [2.75, 3.05) is 7.11 Å². The quantitative estimate of drug-likeness (QED) is 0.628. The predicted molar refractivity (Wildman–Crippen MR) is 95.2 cm³/mol. The summed E-state index contributed by atoms with van der Waals surface area (Å²) in [7, 11) is 1.58. The van der Waals surface area contributed by atoms with Crippen LogP contribution >= 0.6 is 0 Å². The molecular weight excluding hydrogens is 304 g/mol. The Morgan fingerprint density at radius 3 is 2.62 bits per heavy atom. The average Bonchev–Trinajstić information content (AvgIpc) is 2.62. The molecule has 5 nitrogen and oxygen atoms in total. The van der Waals surface area contributed by atoms with E-state index in [1.54, 1.807) is 44.4 Å². The van der Waals surface area contributed by atoms with E-state index in [4.69, 9.17) is 9.47 Å². The molecule has 0 aromatic heterocycles. The van der Waals surface area contributed by atoms with Crippen LogP contribution < -0.4 is 14.9 Å². The summed E-state index contributed by atoms with van der Waals surface area (Å²) in [5, 5.41) is 3.87. The number of benzene rings is 2. The zero-order chi connectivity index (χ0) is 17.2. The number of rotatable bonds is 7. The molecular formula is C19H20N2O3. The lowest BCUT2D eigenvalue weighted by Gasteiger charge is -2.13. The van der Waals surface area contributed by atoms with Gasteiger partial charge in [0, 0.05) is 12.3 Å². The van der Waals surface area contributed by atoms with Gasteiger partial charge in [-0.2, -0.15) is 5.10 Å². The van der Waals surface area contributed by atoms with Crippen molar-refractivity contribution in [3.05, 3.63) is 66.2 Å². The molecule has 1 atom stereocenters. The maximum atomic E-state index is 11.9. The van der Waals surface area contributed by atoms with Crippen molar-refractivity contribution in [3.8, 4) is 11.5 Å². The highest BCUT2D eigenvalue weighted by Gasteiger charge is 2.13. The van der Waals surface area contributed by atoms with Gasteiger partial charge in [0.05, 0.1) is 7.11 Å². The monoisotopic (exact) mass is 324 g/mol. The van der Waals surface area contributed by atoms with Crippen LogP contribution in [0.25, 0.3) is 6.08 Å². The van der Waals surface area contributed by atoms with Crippen LogP contribution in [0.4, 0.5) is 0 Å². The Morgan fingerprint density at radius 2 is 1.88 bits per heavy atom. The highest BCUT2D eigenvalue weighted by Crippen LogP contribution is 2.19. The fourth-order valence-electron chi connectivity index (χ4n) is 1.89. The Hall–Kier alpha value is -3.08. The molecule has 1 N–H and O–H groups in total. The fraction of sp³-hybridized carbons (Fsp3) is 0.158. The van der Waals surface area contributed by atoms with Crippen molar-refractivity contribution in [1.29, 1.82) is 0 Å². The third-order valence-electron chi connectivity index (χ3n) is 3.15. The molecule has 124 valence electrons. The van der Waals surface area contributed by atoms with Crippen molar-refractivity contribution in [3.63, 3.8) is 0 Å². The lowest BCUT2D eigenvalue weighted by atomic mass is 10.2. The smallest absolute Gasteiger partial charge is 0.280 e. The molecule has 24 heavy (non-hydrogen) atoms. The van der Waals surface area contributed by atoms with E-state index in [-0.39, 0.29) is 5.91 Å². The third kappa shape index (κ3) is 5.61. The number of hydrogen-bond acceptors (Lipinski definition) is 4. The summed E-state index contributed by atoms with van der Waals surface area (Å²) in [6, 6.07) is 16.9. The van der Waals surface area contributed by atoms with Gasteiger partial charge in [-0.15, -0.1) is 0 Å². The number of nitrogens with one attached hydrogen (secondary N) is 1. The first-order valence-electron chi connectivity index (χ1n) is 7.54. The molecule has 2 rings (SSSR count). The standard InChI is InChI=1S/C19H20N2O3/c1-15(24-18-12-6-11-17(14-18)23-2)19(22)21-20-13-7-10-16-8-4-3-5-9-16/h3-15H,1-2H3,(H,21,22)/b10-7+,20-13+. The molecule has 0 aliphatic carbocycles. The minimum Gasteiger partial charge on any atom is -0.497 e. The largest absolute Gasteiger partial charge is 0.497 e. The molecule has 0 aliphatic heterocycles.